The van der Waals surface area contributed by atoms with Crippen LogP contribution in [0.15, 0.2) is 58.7 Å². The Labute approximate surface area is 191 Å². The molecule has 4 aromatic heterocycles. The van der Waals surface area contributed by atoms with Gasteiger partial charge in [0.05, 0.1) is 17.9 Å². The Morgan fingerprint density at radius 1 is 1.18 bits per heavy atom. The van der Waals surface area contributed by atoms with E-state index < -0.39 is 5.69 Å². The van der Waals surface area contributed by atoms with Gasteiger partial charge in [0, 0.05) is 24.2 Å². The molecule has 0 spiro atoms. The number of hydrogen-bond donors (Lipinski definition) is 4. The van der Waals surface area contributed by atoms with E-state index in [1.165, 1.54) is 0 Å². The van der Waals surface area contributed by atoms with Crippen molar-refractivity contribution >= 4 is 17.7 Å². The molecule has 0 aliphatic heterocycles. The number of para-hydroxylation sites is 1. The molecule has 4 N–H and O–H groups in total. The minimum Gasteiger partial charge on any atom is -0.493 e. The molecule has 1 aliphatic carbocycles. The Kier molecular flexibility index (Phi) is 4.68. The predicted octanol–water partition coefficient (Wildman–Crippen LogP) is 0.255. The third-order valence-corrected chi connectivity index (χ3v) is 5.44. The average Bonchev–Trinajstić information content (AvgIpc) is 3.20. The van der Waals surface area contributed by atoms with Gasteiger partial charge in [0.15, 0.2) is 5.65 Å². The molecular weight excluding hydrogens is 436 g/mol. The van der Waals surface area contributed by atoms with Crippen molar-refractivity contribution in [3.63, 3.8) is 0 Å². The van der Waals surface area contributed by atoms with Crippen LogP contribution in [-0.4, -0.2) is 50.5 Å². The molecule has 4 heterocycles. The molecule has 0 saturated heterocycles. The first-order valence-electron chi connectivity index (χ1n) is 10.8. The van der Waals surface area contributed by atoms with Crippen LogP contribution in [0, 0.1) is 0 Å². The molecule has 12 nitrogen and oxygen atoms in total. The van der Waals surface area contributed by atoms with Gasteiger partial charge in [-0.15, -0.1) is 0 Å². The van der Waals surface area contributed by atoms with E-state index in [1.807, 2.05) is 41.2 Å². The van der Waals surface area contributed by atoms with Gasteiger partial charge in [0.1, 0.15) is 5.69 Å². The predicted molar refractivity (Wildman–Crippen MR) is 122 cm³/mol. The number of aromatic nitrogens is 8. The number of fused-ring (bicyclic) bond motifs is 1. The zero-order valence-corrected chi connectivity index (χ0v) is 17.9. The summed E-state index contributed by atoms with van der Waals surface area (Å²) in [5.74, 6) is 0.138. The van der Waals surface area contributed by atoms with E-state index in [2.05, 4.69) is 40.4 Å². The zero-order chi connectivity index (χ0) is 23.1. The maximum atomic E-state index is 11.5. The molecule has 0 bridgehead atoms. The highest BCUT2D eigenvalue weighted by atomic mass is 16.3. The van der Waals surface area contributed by atoms with Gasteiger partial charge in [-0.2, -0.15) is 24.7 Å². The molecule has 0 atom stereocenters. The van der Waals surface area contributed by atoms with Crippen LogP contribution in [0.1, 0.15) is 24.1 Å². The number of anilines is 1. The Morgan fingerprint density at radius 3 is 2.82 bits per heavy atom. The summed E-state index contributed by atoms with van der Waals surface area (Å²) in [7, 11) is 0. The van der Waals surface area contributed by atoms with Crippen LogP contribution in [0.4, 0.5) is 5.95 Å². The molecule has 1 saturated carbocycles. The van der Waals surface area contributed by atoms with Crippen LogP contribution in [0.5, 0.6) is 5.88 Å². The first kappa shape index (κ1) is 19.9. The van der Waals surface area contributed by atoms with Crippen LogP contribution in [-0.2, 0) is 6.54 Å². The van der Waals surface area contributed by atoms with Crippen LogP contribution in [0.25, 0.3) is 17.4 Å². The Balaban J connectivity index is 1.41. The molecule has 1 aromatic carbocycles. The minimum absolute atomic E-state index is 0.230. The summed E-state index contributed by atoms with van der Waals surface area (Å²) in [6.07, 6.45) is 8.86. The van der Waals surface area contributed by atoms with Crippen LogP contribution in [0.2, 0.25) is 0 Å². The topological polar surface area (TPSA) is 154 Å². The fraction of sp³-hybridized carbons (Fsp3) is 0.182. The number of rotatable bonds is 6. The van der Waals surface area contributed by atoms with Crippen molar-refractivity contribution in [2.75, 3.05) is 5.32 Å². The molecule has 12 heteroatoms. The maximum Gasteiger partial charge on any atom is 0.326 e. The van der Waals surface area contributed by atoms with Gasteiger partial charge in [0.2, 0.25) is 11.8 Å². The summed E-state index contributed by atoms with van der Waals surface area (Å²) in [4.78, 5) is 30.3. The number of H-pyrrole nitrogens is 2. The van der Waals surface area contributed by atoms with Crippen molar-refractivity contribution in [1.29, 1.82) is 0 Å². The van der Waals surface area contributed by atoms with Gasteiger partial charge in [-0.3, -0.25) is 4.98 Å². The van der Waals surface area contributed by atoms with Crippen molar-refractivity contribution in [1.82, 2.24) is 39.3 Å². The Bertz CT molecular complexity index is 1660. The second-order valence-electron chi connectivity index (χ2n) is 7.96. The number of hydrogen-bond acceptors (Lipinski definition) is 8. The molecule has 1 fully saturated rings. The second kappa shape index (κ2) is 7.99. The molecular formula is C22H20N10O2. The highest BCUT2D eigenvalue weighted by molar-refractivity contribution is 5.57. The van der Waals surface area contributed by atoms with Crippen molar-refractivity contribution < 1.29 is 5.11 Å². The standard InChI is InChI=1S/C22H20N10O2/c33-19-16(27-22(34)29-19)10-14-12-25-32-18(14)28-20(30-21(32)26-15-6-7-15)23-11-13-4-1-2-5-17(13)31-9-3-8-24-31/h1-5,8-10,12,15,33H,6-7,11H2,(H,23,26,30)(H2,27,29,34). The van der Waals surface area contributed by atoms with Gasteiger partial charge in [0.25, 0.3) is 5.62 Å². The number of imidazole rings is 1. The average molecular weight is 456 g/mol. The molecule has 170 valence electrons. The van der Waals surface area contributed by atoms with Gasteiger partial charge < -0.3 is 15.4 Å². The highest BCUT2D eigenvalue weighted by Gasteiger charge is 2.21. The van der Waals surface area contributed by atoms with E-state index in [0.717, 1.165) is 24.1 Å². The molecule has 0 amide bonds. The van der Waals surface area contributed by atoms with Gasteiger partial charge in [-0.05, 0) is 36.6 Å². The molecule has 1 aliphatic rings. The van der Waals surface area contributed by atoms with Crippen LogP contribution < -0.4 is 21.8 Å². The summed E-state index contributed by atoms with van der Waals surface area (Å²) in [5.41, 5.74) is 2.65. The smallest absolute Gasteiger partial charge is 0.326 e. The molecule has 34 heavy (non-hydrogen) atoms. The van der Waals surface area contributed by atoms with Crippen molar-refractivity contribution in [2.24, 2.45) is 4.99 Å². The van der Waals surface area contributed by atoms with Crippen molar-refractivity contribution in [2.45, 2.75) is 25.4 Å². The van der Waals surface area contributed by atoms with Crippen LogP contribution in [0.3, 0.4) is 0 Å². The van der Waals surface area contributed by atoms with Crippen LogP contribution >= 0.6 is 0 Å². The van der Waals surface area contributed by atoms with E-state index in [4.69, 9.17) is 0 Å². The summed E-state index contributed by atoms with van der Waals surface area (Å²) in [5, 5.41) is 22.5. The lowest BCUT2D eigenvalue weighted by molar-refractivity contribution is 0.454. The van der Waals surface area contributed by atoms with Crippen molar-refractivity contribution in [3.8, 4) is 11.6 Å². The summed E-state index contributed by atoms with van der Waals surface area (Å²) in [6, 6.07) is 10.0. The first-order valence-corrected chi connectivity index (χ1v) is 10.8. The fourth-order valence-corrected chi connectivity index (χ4v) is 3.63. The summed E-state index contributed by atoms with van der Waals surface area (Å²) < 4.78 is 3.37. The molecule has 5 aromatic rings. The summed E-state index contributed by atoms with van der Waals surface area (Å²) >= 11 is 0. The Hall–Kier alpha value is -4.74. The number of aromatic amines is 2. The second-order valence-corrected chi connectivity index (χ2v) is 7.96. The molecule has 6 rings (SSSR count). The minimum atomic E-state index is -0.502. The summed E-state index contributed by atoms with van der Waals surface area (Å²) in [6.45, 7) is 0.466. The van der Waals surface area contributed by atoms with Gasteiger partial charge in [-0.25, -0.2) is 14.5 Å². The van der Waals surface area contributed by atoms with E-state index >= 15 is 0 Å². The van der Waals surface area contributed by atoms with Crippen molar-refractivity contribution in [3.05, 3.63) is 81.5 Å². The highest BCUT2D eigenvalue weighted by Crippen LogP contribution is 2.22. The SMILES string of the molecule is O=c1[nH]c(O)c(C=c2cnn3c(=NC4CC4)nc(NCc4ccccc4-n4cccn4)nc23)[nH]1. The lowest BCUT2D eigenvalue weighted by atomic mass is 10.2. The Morgan fingerprint density at radius 2 is 2.06 bits per heavy atom. The van der Waals surface area contributed by atoms with Gasteiger partial charge in [-0.1, -0.05) is 18.2 Å². The molecule has 0 radical (unpaired) electrons. The van der Waals surface area contributed by atoms with E-state index in [-0.39, 0.29) is 17.6 Å². The monoisotopic (exact) mass is 456 g/mol. The fourth-order valence-electron chi connectivity index (χ4n) is 3.63. The number of nitrogens with zero attached hydrogens (tertiary/aromatic N) is 7. The number of benzene rings is 1. The maximum absolute atomic E-state index is 11.5. The number of nitrogens with one attached hydrogen (secondary N) is 3. The van der Waals surface area contributed by atoms with E-state index in [1.54, 1.807) is 23.0 Å². The lowest BCUT2D eigenvalue weighted by Crippen LogP contribution is -2.25. The zero-order valence-electron chi connectivity index (χ0n) is 17.9. The third-order valence-electron chi connectivity index (χ3n) is 5.44. The first-order chi connectivity index (χ1) is 16.6. The lowest BCUT2D eigenvalue weighted by Gasteiger charge is -2.10. The number of aromatic hydroxyl groups is 1. The van der Waals surface area contributed by atoms with Gasteiger partial charge >= 0.3 is 5.69 Å². The third kappa shape index (κ3) is 3.81. The quantitative estimate of drug-likeness (QED) is 0.286. The normalized spacial score (nSPS) is 14.8. The molecule has 0 unspecified atom stereocenters. The van der Waals surface area contributed by atoms with E-state index in [9.17, 15) is 9.90 Å². The van der Waals surface area contributed by atoms with E-state index in [0.29, 0.717) is 29.0 Å². The largest absolute Gasteiger partial charge is 0.493 e.